The lowest BCUT2D eigenvalue weighted by atomic mass is 10.1. The van der Waals surface area contributed by atoms with Gasteiger partial charge in [0.25, 0.3) is 0 Å². The third-order valence-corrected chi connectivity index (χ3v) is 4.58. The second-order valence-corrected chi connectivity index (χ2v) is 6.13. The van der Waals surface area contributed by atoms with Crippen LogP contribution in [0, 0.1) is 5.82 Å². The van der Waals surface area contributed by atoms with Crippen LogP contribution in [-0.2, 0) is 0 Å². The fourth-order valence-corrected chi connectivity index (χ4v) is 3.01. The molecule has 1 aromatic carbocycles. The standard InChI is InChI=1S/C14H15BrFNS/c1-9(11-5-6-13(16)12(15)8-11)17-10(2)14-4-3-7-18-14/h3-10,17H,1-2H3/t9?,10-/m1/s1. The number of hydrogen-bond donors (Lipinski definition) is 1. The van der Waals surface area contributed by atoms with E-state index in [0.717, 1.165) is 5.56 Å². The zero-order valence-corrected chi connectivity index (χ0v) is 12.7. The Hall–Kier alpha value is -0.710. The molecule has 1 N–H and O–H groups in total. The van der Waals surface area contributed by atoms with Crippen LogP contribution in [0.15, 0.2) is 40.2 Å². The van der Waals surface area contributed by atoms with Crippen molar-refractivity contribution in [3.8, 4) is 0 Å². The van der Waals surface area contributed by atoms with Gasteiger partial charge in [-0.2, -0.15) is 0 Å². The Labute approximate surface area is 119 Å². The highest BCUT2D eigenvalue weighted by Crippen LogP contribution is 2.25. The molecule has 1 unspecified atom stereocenters. The molecule has 2 atom stereocenters. The fraction of sp³-hybridized carbons (Fsp3) is 0.286. The van der Waals surface area contributed by atoms with Gasteiger partial charge in [0.15, 0.2) is 0 Å². The molecule has 2 rings (SSSR count). The van der Waals surface area contributed by atoms with Gasteiger partial charge in [0.2, 0.25) is 0 Å². The van der Waals surface area contributed by atoms with E-state index in [2.05, 4.69) is 52.6 Å². The molecule has 0 fully saturated rings. The maximum Gasteiger partial charge on any atom is 0.137 e. The average Bonchev–Trinajstić information content (AvgIpc) is 2.86. The summed E-state index contributed by atoms with van der Waals surface area (Å²) in [5.74, 6) is -0.225. The normalized spacial score (nSPS) is 14.4. The summed E-state index contributed by atoms with van der Waals surface area (Å²) in [5, 5.41) is 5.59. The summed E-state index contributed by atoms with van der Waals surface area (Å²) in [7, 11) is 0. The van der Waals surface area contributed by atoms with Gasteiger partial charge >= 0.3 is 0 Å². The summed E-state index contributed by atoms with van der Waals surface area (Å²) in [4.78, 5) is 1.31. The summed E-state index contributed by atoms with van der Waals surface area (Å²) < 4.78 is 13.7. The van der Waals surface area contributed by atoms with E-state index in [-0.39, 0.29) is 11.9 Å². The lowest BCUT2D eigenvalue weighted by Gasteiger charge is -2.19. The van der Waals surface area contributed by atoms with E-state index < -0.39 is 0 Å². The molecule has 18 heavy (non-hydrogen) atoms. The van der Waals surface area contributed by atoms with Crippen molar-refractivity contribution in [1.29, 1.82) is 0 Å². The van der Waals surface area contributed by atoms with Gasteiger partial charge in [0.1, 0.15) is 5.82 Å². The molecule has 0 bridgehead atoms. The van der Waals surface area contributed by atoms with Crippen LogP contribution in [0.2, 0.25) is 0 Å². The first-order valence-electron chi connectivity index (χ1n) is 5.82. The number of hydrogen-bond acceptors (Lipinski definition) is 2. The molecule has 2 aromatic rings. The molecular formula is C14H15BrFNS. The average molecular weight is 328 g/mol. The molecule has 1 aromatic heterocycles. The van der Waals surface area contributed by atoms with Gasteiger partial charge in [-0.15, -0.1) is 11.3 Å². The lowest BCUT2D eigenvalue weighted by molar-refractivity contribution is 0.499. The number of halogens is 2. The van der Waals surface area contributed by atoms with Crippen molar-refractivity contribution in [2.75, 3.05) is 0 Å². The zero-order chi connectivity index (χ0) is 13.1. The molecule has 1 heterocycles. The van der Waals surface area contributed by atoms with E-state index in [1.54, 1.807) is 11.3 Å². The van der Waals surface area contributed by atoms with Crippen LogP contribution in [0.3, 0.4) is 0 Å². The van der Waals surface area contributed by atoms with Crippen LogP contribution < -0.4 is 5.32 Å². The van der Waals surface area contributed by atoms with Crippen LogP contribution in [0.25, 0.3) is 0 Å². The Morgan fingerprint density at radius 3 is 2.61 bits per heavy atom. The molecule has 0 radical (unpaired) electrons. The quantitative estimate of drug-likeness (QED) is 0.827. The lowest BCUT2D eigenvalue weighted by Crippen LogP contribution is -2.21. The molecular weight excluding hydrogens is 313 g/mol. The Morgan fingerprint density at radius 2 is 2.00 bits per heavy atom. The van der Waals surface area contributed by atoms with Crippen LogP contribution in [-0.4, -0.2) is 0 Å². The minimum atomic E-state index is -0.225. The molecule has 0 amide bonds. The Bertz CT molecular complexity index is 513. The van der Waals surface area contributed by atoms with Crippen molar-refractivity contribution in [3.05, 3.63) is 56.4 Å². The molecule has 0 aliphatic rings. The van der Waals surface area contributed by atoms with Crippen LogP contribution >= 0.6 is 27.3 Å². The van der Waals surface area contributed by atoms with Crippen LogP contribution in [0.1, 0.15) is 36.4 Å². The Morgan fingerprint density at radius 1 is 1.22 bits per heavy atom. The van der Waals surface area contributed by atoms with Gasteiger partial charge < -0.3 is 5.32 Å². The minimum absolute atomic E-state index is 0.180. The first-order chi connectivity index (χ1) is 8.58. The van der Waals surface area contributed by atoms with Crippen molar-refractivity contribution in [1.82, 2.24) is 5.32 Å². The third-order valence-electron chi connectivity index (χ3n) is 2.91. The Kier molecular flexibility index (Phi) is 4.54. The van der Waals surface area contributed by atoms with E-state index in [1.165, 1.54) is 10.9 Å². The van der Waals surface area contributed by atoms with E-state index >= 15 is 0 Å². The smallest absolute Gasteiger partial charge is 0.137 e. The van der Waals surface area contributed by atoms with E-state index in [0.29, 0.717) is 10.5 Å². The second kappa shape index (κ2) is 5.95. The monoisotopic (exact) mass is 327 g/mol. The predicted molar refractivity (Wildman–Crippen MR) is 78.4 cm³/mol. The van der Waals surface area contributed by atoms with Crippen molar-refractivity contribution in [3.63, 3.8) is 0 Å². The fourth-order valence-electron chi connectivity index (χ4n) is 1.87. The van der Waals surface area contributed by atoms with Gasteiger partial charge in [-0.05, 0) is 58.9 Å². The van der Waals surface area contributed by atoms with Crippen LogP contribution in [0.4, 0.5) is 4.39 Å². The number of rotatable bonds is 4. The molecule has 0 saturated carbocycles. The molecule has 0 spiro atoms. The largest absolute Gasteiger partial charge is 0.303 e. The highest BCUT2D eigenvalue weighted by molar-refractivity contribution is 9.10. The molecule has 4 heteroatoms. The molecule has 96 valence electrons. The summed E-state index contributed by atoms with van der Waals surface area (Å²) in [6.07, 6.45) is 0. The second-order valence-electron chi connectivity index (χ2n) is 4.30. The van der Waals surface area contributed by atoms with E-state index in [9.17, 15) is 4.39 Å². The molecule has 0 aliphatic carbocycles. The maximum absolute atomic E-state index is 13.2. The highest BCUT2D eigenvalue weighted by Gasteiger charge is 2.12. The van der Waals surface area contributed by atoms with Gasteiger partial charge in [-0.3, -0.25) is 0 Å². The van der Waals surface area contributed by atoms with Crippen LogP contribution in [0.5, 0.6) is 0 Å². The first kappa shape index (κ1) is 13.7. The third kappa shape index (κ3) is 3.19. The maximum atomic E-state index is 13.2. The molecule has 0 aliphatic heterocycles. The summed E-state index contributed by atoms with van der Waals surface area (Å²) in [5.41, 5.74) is 1.08. The summed E-state index contributed by atoms with van der Waals surface area (Å²) in [6, 6.07) is 9.79. The SMILES string of the molecule is CC(N[C@H](C)c1cccs1)c1ccc(F)c(Br)c1. The van der Waals surface area contributed by atoms with Crippen molar-refractivity contribution >= 4 is 27.3 Å². The molecule has 1 nitrogen and oxygen atoms in total. The van der Waals surface area contributed by atoms with Crippen molar-refractivity contribution < 1.29 is 4.39 Å². The summed E-state index contributed by atoms with van der Waals surface area (Å²) >= 11 is 4.96. The molecule has 0 saturated heterocycles. The minimum Gasteiger partial charge on any atom is -0.303 e. The summed E-state index contributed by atoms with van der Waals surface area (Å²) in [6.45, 7) is 4.23. The van der Waals surface area contributed by atoms with Gasteiger partial charge in [0, 0.05) is 17.0 Å². The number of nitrogens with one attached hydrogen (secondary N) is 1. The topological polar surface area (TPSA) is 12.0 Å². The van der Waals surface area contributed by atoms with Crippen molar-refractivity contribution in [2.24, 2.45) is 0 Å². The first-order valence-corrected chi connectivity index (χ1v) is 7.49. The van der Waals surface area contributed by atoms with E-state index in [4.69, 9.17) is 0 Å². The van der Waals surface area contributed by atoms with Gasteiger partial charge in [-0.1, -0.05) is 12.1 Å². The predicted octanol–water partition coefficient (Wildman–Crippen LogP) is 5.06. The van der Waals surface area contributed by atoms with Crippen molar-refractivity contribution in [2.45, 2.75) is 25.9 Å². The Balaban J connectivity index is 2.07. The van der Waals surface area contributed by atoms with E-state index in [1.807, 2.05) is 12.1 Å². The van der Waals surface area contributed by atoms with Gasteiger partial charge in [-0.25, -0.2) is 4.39 Å². The zero-order valence-electron chi connectivity index (χ0n) is 10.3. The highest BCUT2D eigenvalue weighted by atomic mass is 79.9. The number of thiophene rings is 1. The van der Waals surface area contributed by atoms with Gasteiger partial charge in [0.05, 0.1) is 4.47 Å². The number of benzene rings is 1.